The van der Waals surface area contributed by atoms with Crippen molar-refractivity contribution in [1.29, 1.82) is 0 Å². The summed E-state index contributed by atoms with van der Waals surface area (Å²) in [5, 5.41) is 3.86. The third-order valence-corrected chi connectivity index (χ3v) is 7.71. The van der Waals surface area contributed by atoms with Gasteiger partial charge in [-0.1, -0.05) is 6.92 Å². The number of carbonyl (C=O) groups excluding carboxylic acids is 2. The summed E-state index contributed by atoms with van der Waals surface area (Å²) in [5.74, 6) is -0.308. The maximum atomic E-state index is 13.8. The number of nitrogens with one attached hydrogen (secondary N) is 1. The van der Waals surface area contributed by atoms with Gasteiger partial charge in [0.15, 0.2) is 0 Å². The molecule has 2 fully saturated rings. The number of rotatable bonds is 4. The van der Waals surface area contributed by atoms with E-state index in [0.717, 1.165) is 36.9 Å². The highest BCUT2D eigenvalue weighted by Gasteiger charge is 2.37. The van der Waals surface area contributed by atoms with Crippen LogP contribution in [0.2, 0.25) is 0 Å². The molecular formula is C23H30F3N5O3S. The molecule has 4 rings (SSSR count). The van der Waals surface area contributed by atoms with Crippen LogP contribution < -0.4 is 10.2 Å². The Morgan fingerprint density at radius 2 is 1.94 bits per heavy atom. The van der Waals surface area contributed by atoms with Crippen molar-refractivity contribution in [3.05, 3.63) is 22.6 Å². The second-order valence-electron chi connectivity index (χ2n) is 9.02. The Labute approximate surface area is 206 Å². The lowest BCUT2D eigenvalue weighted by Gasteiger charge is -2.40. The van der Waals surface area contributed by atoms with E-state index in [9.17, 15) is 22.8 Å². The number of amides is 2. The zero-order valence-corrected chi connectivity index (χ0v) is 20.8. The van der Waals surface area contributed by atoms with E-state index in [1.165, 1.54) is 12.4 Å². The maximum Gasteiger partial charge on any atom is 0.417 e. The van der Waals surface area contributed by atoms with Crippen LogP contribution in [0.1, 0.15) is 42.1 Å². The van der Waals surface area contributed by atoms with Gasteiger partial charge >= 0.3 is 12.3 Å². The smallest absolute Gasteiger partial charge is 0.417 e. The number of pyridine rings is 1. The highest BCUT2D eigenvalue weighted by atomic mass is 32.1. The van der Waals surface area contributed by atoms with Crippen LogP contribution in [0.4, 0.5) is 23.8 Å². The van der Waals surface area contributed by atoms with Crippen LogP contribution in [0.15, 0.2) is 11.4 Å². The first-order valence-electron chi connectivity index (χ1n) is 11.7. The summed E-state index contributed by atoms with van der Waals surface area (Å²) in [7, 11) is 3.46. The number of aromatic nitrogens is 1. The molecule has 2 aliphatic heterocycles. The fourth-order valence-electron chi connectivity index (χ4n) is 4.68. The third-order valence-electron chi connectivity index (χ3n) is 6.71. The van der Waals surface area contributed by atoms with Gasteiger partial charge in [-0.15, -0.1) is 11.3 Å². The molecule has 2 saturated heterocycles. The number of carbonyl (C=O) groups is 2. The number of alkyl halides is 3. The largest absolute Gasteiger partial charge is 0.446 e. The van der Waals surface area contributed by atoms with E-state index in [4.69, 9.17) is 4.74 Å². The molecule has 0 radical (unpaired) electrons. The number of likely N-dealkylation sites (N-methyl/N-ethyl adjacent to an activating group) is 1. The number of hydrogen-bond acceptors (Lipinski definition) is 7. The van der Waals surface area contributed by atoms with Crippen LogP contribution in [0.25, 0.3) is 10.2 Å². The number of hydrogen-bond donors (Lipinski definition) is 1. The summed E-state index contributed by atoms with van der Waals surface area (Å²) in [6.45, 7) is 5.05. The van der Waals surface area contributed by atoms with Gasteiger partial charge in [-0.05, 0) is 19.5 Å². The first-order valence-corrected chi connectivity index (χ1v) is 12.6. The number of anilines is 1. The molecule has 0 unspecified atom stereocenters. The van der Waals surface area contributed by atoms with E-state index in [-0.39, 0.29) is 39.8 Å². The molecule has 0 aliphatic carbocycles. The molecule has 35 heavy (non-hydrogen) atoms. The monoisotopic (exact) mass is 513 g/mol. The fourth-order valence-corrected chi connectivity index (χ4v) is 5.70. The van der Waals surface area contributed by atoms with Crippen molar-refractivity contribution >= 4 is 39.4 Å². The van der Waals surface area contributed by atoms with E-state index in [0.29, 0.717) is 32.5 Å². The van der Waals surface area contributed by atoms with Crippen LogP contribution in [0, 0.1) is 0 Å². The quantitative estimate of drug-likeness (QED) is 0.670. The van der Waals surface area contributed by atoms with Gasteiger partial charge in [0.1, 0.15) is 11.9 Å². The SMILES string of the molecule is CC[C@H]1CN(C)CCN1C(=O)OC1CCN(c2cc(C(F)(F)F)c3scc(C(=O)NC)c3n2)CC1. The van der Waals surface area contributed by atoms with Crippen LogP contribution in [-0.4, -0.2) is 85.7 Å². The first kappa shape index (κ1) is 25.5. The Hall–Kier alpha value is -2.60. The fraction of sp³-hybridized carbons (Fsp3) is 0.609. The van der Waals surface area contributed by atoms with Gasteiger partial charge in [0, 0.05) is 64.0 Å². The Morgan fingerprint density at radius 3 is 2.57 bits per heavy atom. The topological polar surface area (TPSA) is 78.0 Å². The summed E-state index contributed by atoms with van der Waals surface area (Å²) in [6.07, 6.45) is -3.38. The second-order valence-corrected chi connectivity index (χ2v) is 9.90. The molecule has 2 aliphatic rings. The number of halogens is 3. The van der Waals surface area contributed by atoms with Gasteiger partial charge in [-0.2, -0.15) is 13.2 Å². The van der Waals surface area contributed by atoms with Crippen LogP contribution in [-0.2, 0) is 10.9 Å². The standard InChI is InChI=1S/C23H30F3N5O3S/c1-4-14-12-29(3)9-10-31(14)22(33)34-15-5-7-30(8-6-15)18-11-17(23(24,25)26)20-19(28-18)16(13-35-20)21(32)27-2/h11,13-15H,4-10,12H2,1-3H3,(H,27,32)/t14-/m0/s1. The van der Waals surface area contributed by atoms with E-state index in [1.807, 2.05) is 14.0 Å². The lowest BCUT2D eigenvalue weighted by Crippen LogP contribution is -2.54. The predicted molar refractivity (Wildman–Crippen MR) is 128 cm³/mol. The zero-order chi connectivity index (χ0) is 25.3. The number of piperazine rings is 1. The first-order chi connectivity index (χ1) is 16.6. The Balaban J connectivity index is 1.48. The van der Waals surface area contributed by atoms with Crippen molar-refractivity contribution < 1.29 is 27.5 Å². The number of nitrogens with zero attached hydrogens (tertiary/aromatic N) is 4. The highest BCUT2D eigenvalue weighted by molar-refractivity contribution is 7.17. The summed E-state index contributed by atoms with van der Waals surface area (Å²) in [5.41, 5.74) is -0.624. The Bertz CT molecular complexity index is 1080. The normalized spacial score (nSPS) is 20.3. The predicted octanol–water partition coefficient (Wildman–Crippen LogP) is 3.81. The van der Waals surface area contributed by atoms with Gasteiger partial charge in [-0.25, -0.2) is 9.78 Å². The zero-order valence-electron chi connectivity index (χ0n) is 20.0. The molecule has 0 saturated carbocycles. The van der Waals surface area contributed by atoms with Crippen LogP contribution in [0.3, 0.4) is 0 Å². The number of ether oxygens (including phenoxy) is 1. The van der Waals surface area contributed by atoms with Gasteiger partial charge < -0.3 is 24.8 Å². The molecule has 0 bridgehead atoms. The number of thiophene rings is 1. The third kappa shape index (κ3) is 5.32. The van der Waals surface area contributed by atoms with Crippen LogP contribution in [0.5, 0.6) is 0 Å². The summed E-state index contributed by atoms with van der Waals surface area (Å²) < 4.78 is 47.2. The lowest BCUT2D eigenvalue weighted by atomic mass is 10.1. The average molecular weight is 514 g/mol. The minimum atomic E-state index is -4.58. The highest BCUT2D eigenvalue weighted by Crippen LogP contribution is 2.40. The number of fused-ring (bicyclic) bond motifs is 1. The maximum absolute atomic E-state index is 13.8. The van der Waals surface area contributed by atoms with E-state index in [2.05, 4.69) is 15.2 Å². The van der Waals surface area contributed by atoms with Crippen molar-refractivity contribution in [1.82, 2.24) is 20.1 Å². The van der Waals surface area contributed by atoms with Crippen LogP contribution >= 0.6 is 11.3 Å². The van der Waals surface area contributed by atoms with Crippen molar-refractivity contribution in [2.24, 2.45) is 0 Å². The van der Waals surface area contributed by atoms with E-state index >= 15 is 0 Å². The molecule has 0 spiro atoms. The molecule has 0 aromatic carbocycles. The molecule has 1 atom stereocenters. The van der Waals surface area contributed by atoms with E-state index in [1.54, 1.807) is 9.80 Å². The summed E-state index contributed by atoms with van der Waals surface area (Å²) >= 11 is 0.862. The molecule has 12 heteroatoms. The van der Waals surface area contributed by atoms with Gasteiger partial charge in [0.05, 0.1) is 21.3 Å². The number of piperidine rings is 1. The molecule has 1 N–H and O–H groups in total. The van der Waals surface area contributed by atoms with Crippen molar-refractivity contribution in [3.63, 3.8) is 0 Å². The van der Waals surface area contributed by atoms with Crippen molar-refractivity contribution in [2.75, 3.05) is 51.7 Å². The average Bonchev–Trinajstić information content (AvgIpc) is 3.26. The van der Waals surface area contributed by atoms with Gasteiger partial charge in [0.25, 0.3) is 5.91 Å². The molecule has 2 amide bonds. The van der Waals surface area contributed by atoms with Crippen molar-refractivity contribution in [2.45, 2.75) is 44.5 Å². The van der Waals surface area contributed by atoms with Gasteiger partial charge in [-0.3, -0.25) is 4.79 Å². The lowest BCUT2D eigenvalue weighted by molar-refractivity contribution is -0.136. The van der Waals surface area contributed by atoms with Crippen molar-refractivity contribution in [3.8, 4) is 0 Å². The molecule has 8 nitrogen and oxygen atoms in total. The molecule has 2 aromatic rings. The van der Waals surface area contributed by atoms with Gasteiger partial charge in [0.2, 0.25) is 0 Å². The minimum absolute atomic E-state index is 0.0494. The molecule has 4 heterocycles. The molecular weight excluding hydrogens is 483 g/mol. The Kier molecular flexibility index (Phi) is 7.41. The molecule has 192 valence electrons. The Morgan fingerprint density at radius 1 is 1.23 bits per heavy atom. The van der Waals surface area contributed by atoms with E-state index < -0.39 is 17.6 Å². The molecule has 2 aromatic heterocycles. The summed E-state index contributed by atoms with van der Waals surface area (Å²) in [6, 6.07) is 1.16. The minimum Gasteiger partial charge on any atom is -0.446 e. The second kappa shape index (κ2) is 10.2. The summed E-state index contributed by atoms with van der Waals surface area (Å²) in [4.78, 5) is 35.2.